The maximum atomic E-state index is 3.64. The van der Waals surface area contributed by atoms with Crippen LogP contribution >= 0.6 is 31.9 Å². The van der Waals surface area contributed by atoms with Crippen molar-refractivity contribution in [3.63, 3.8) is 0 Å². The van der Waals surface area contributed by atoms with Crippen LogP contribution in [-0.4, -0.2) is 0 Å². The minimum absolute atomic E-state index is 0.601. The Morgan fingerprint density at radius 2 is 1.17 bits per heavy atom. The molecule has 3 aromatic carbocycles. The van der Waals surface area contributed by atoms with Gasteiger partial charge in [-0.3, -0.25) is 0 Å². The van der Waals surface area contributed by atoms with Gasteiger partial charge in [-0.15, -0.1) is 0 Å². The number of hydrogen-bond donors (Lipinski definition) is 0. The van der Waals surface area contributed by atoms with Gasteiger partial charge < -0.3 is 0 Å². The summed E-state index contributed by atoms with van der Waals surface area (Å²) >= 11 is 7.27. The van der Waals surface area contributed by atoms with Crippen LogP contribution in [0.25, 0.3) is 22.3 Å². The van der Waals surface area contributed by atoms with Crippen LogP contribution in [0.2, 0.25) is 0 Å². The summed E-state index contributed by atoms with van der Waals surface area (Å²) in [7, 11) is 0. The molecule has 0 atom stereocenters. The fourth-order valence-corrected chi connectivity index (χ4v) is 4.96. The summed E-state index contributed by atoms with van der Waals surface area (Å²) in [5, 5.41) is 0. The number of rotatable bonds is 0. The lowest BCUT2D eigenvalue weighted by Crippen LogP contribution is -2.19. The number of halogens is 2. The highest BCUT2D eigenvalue weighted by atomic mass is 79.9. The molecule has 0 heterocycles. The number of benzene rings is 3. The Bertz CT molecular complexity index is 882. The summed E-state index contributed by atoms with van der Waals surface area (Å²) < 4.78 is 2.32. The molecule has 5 rings (SSSR count). The molecular weight excluding hydrogens is 412 g/mol. The molecule has 112 valence electrons. The van der Waals surface area contributed by atoms with Crippen molar-refractivity contribution < 1.29 is 0 Å². The van der Waals surface area contributed by atoms with Gasteiger partial charge in [0.1, 0.15) is 0 Å². The van der Waals surface area contributed by atoms with Gasteiger partial charge in [-0.25, -0.2) is 0 Å². The number of fused-ring (bicyclic) bond motifs is 4. The Morgan fingerprint density at radius 3 is 1.70 bits per heavy atom. The fourth-order valence-electron chi connectivity index (χ4n) is 4.24. The Morgan fingerprint density at radius 1 is 0.652 bits per heavy atom. The molecule has 0 bridgehead atoms. The summed E-state index contributed by atoms with van der Waals surface area (Å²) in [5.74, 6) is 0.601. The van der Waals surface area contributed by atoms with Gasteiger partial charge in [-0.1, -0.05) is 62.2 Å². The Kier molecular flexibility index (Phi) is 3.08. The summed E-state index contributed by atoms with van der Waals surface area (Å²) in [4.78, 5) is 0. The monoisotopic (exact) mass is 424 g/mol. The van der Waals surface area contributed by atoms with Crippen molar-refractivity contribution in [2.45, 2.75) is 18.8 Å². The quantitative estimate of drug-likeness (QED) is 0.374. The van der Waals surface area contributed by atoms with E-state index in [4.69, 9.17) is 0 Å². The molecule has 0 fully saturated rings. The van der Waals surface area contributed by atoms with Gasteiger partial charge in [0.25, 0.3) is 0 Å². The van der Waals surface area contributed by atoms with E-state index in [0.29, 0.717) is 5.92 Å². The third kappa shape index (κ3) is 2.08. The van der Waals surface area contributed by atoms with Crippen LogP contribution in [0.15, 0.2) is 63.5 Å². The van der Waals surface area contributed by atoms with E-state index in [9.17, 15) is 0 Å². The molecule has 23 heavy (non-hydrogen) atoms. The summed E-state index contributed by atoms with van der Waals surface area (Å²) in [6, 6.07) is 20.2. The molecule has 0 radical (unpaired) electrons. The molecule has 2 aliphatic rings. The second-order valence-electron chi connectivity index (χ2n) is 6.47. The van der Waals surface area contributed by atoms with Crippen molar-refractivity contribution in [1.82, 2.24) is 0 Å². The van der Waals surface area contributed by atoms with Crippen LogP contribution in [0.3, 0.4) is 0 Å². The van der Waals surface area contributed by atoms with Gasteiger partial charge >= 0.3 is 0 Å². The van der Waals surface area contributed by atoms with Gasteiger partial charge in [0.2, 0.25) is 0 Å². The molecule has 0 unspecified atom stereocenters. The molecule has 0 spiro atoms. The van der Waals surface area contributed by atoms with E-state index in [1.807, 2.05) is 0 Å². The minimum atomic E-state index is 0.601. The van der Waals surface area contributed by atoms with Crippen molar-refractivity contribution in [3.8, 4) is 22.3 Å². The molecule has 0 N–H and O–H groups in total. The molecule has 0 aliphatic heterocycles. The zero-order valence-electron chi connectivity index (χ0n) is 12.4. The lowest BCUT2D eigenvalue weighted by molar-refractivity contribution is 0.665. The molecule has 0 saturated heterocycles. The molecule has 2 heteroatoms. The highest BCUT2D eigenvalue weighted by molar-refractivity contribution is 9.10. The lowest BCUT2D eigenvalue weighted by Gasteiger charge is -2.34. The first-order valence-corrected chi connectivity index (χ1v) is 9.50. The summed E-state index contributed by atoms with van der Waals surface area (Å²) in [6.45, 7) is 0. The van der Waals surface area contributed by atoms with Crippen molar-refractivity contribution in [3.05, 3.63) is 80.2 Å². The van der Waals surface area contributed by atoms with E-state index in [1.54, 1.807) is 5.56 Å². The summed E-state index contributed by atoms with van der Waals surface area (Å²) in [6.07, 6.45) is 2.28. The first kappa shape index (κ1) is 14.0. The van der Waals surface area contributed by atoms with Crippen LogP contribution in [0.1, 0.15) is 22.6 Å². The molecule has 0 amide bonds. The zero-order chi connectivity index (χ0) is 15.6. The third-order valence-corrected chi connectivity index (χ3v) is 6.16. The zero-order valence-corrected chi connectivity index (χ0v) is 15.6. The predicted octanol–water partition coefficient (Wildman–Crippen LogP) is 6.74. The van der Waals surface area contributed by atoms with E-state index in [0.717, 1.165) is 21.8 Å². The Balaban J connectivity index is 1.84. The summed E-state index contributed by atoms with van der Waals surface area (Å²) in [5.41, 5.74) is 10.1. The lowest BCUT2D eigenvalue weighted by atomic mass is 9.69. The largest absolute Gasteiger partial charge is 0.0610 e. The van der Waals surface area contributed by atoms with Crippen LogP contribution in [0.4, 0.5) is 0 Å². The van der Waals surface area contributed by atoms with Crippen LogP contribution in [0.5, 0.6) is 0 Å². The van der Waals surface area contributed by atoms with Crippen molar-refractivity contribution in [2.24, 2.45) is 0 Å². The maximum absolute atomic E-state index is 3.64. The first-order chi connectivity index (χ1) is 11.2. The second-order valence-corrected chi connectivity index (χ2v) is 8.31. The van der Waals surface area contributed by atoms with Crippen LogP contribution < -0.4 is 0 Å². The Labute approximate surface area is 152 Å². The van der Waals surface area contributed by atoms with Gasteiger partial charge in [-0.2, -0.15) is 0 Å². The van der Waals surface area contributed by atoms with E-state index in [2.05, 4.69) is 86.5 Å². The number of hydrogen-bond acceptors (Lipinski definition) is 0. The van der Waals surface area contributed by atoms with Gasteiger partial charge in [-0.05, 0) is 82.0 Å². The third-order valence-electron chi connectivity index (χ3n) is 5.17. The van der Waals surface area contributed by atoms with Gasteiger partial charge in [0.15, 0.2) is 0 Å². The predicted molar refractivity (Wildman–Crippen MR) is 103 cm³/mol. The maximum Gasteiger partial charge on any atom is 0.0181 e. The molecular formula is C21H14Br2. The van der Waals surface area contributed by atoms with Crippen molar-refractivity contribution in [1.29, 1.82) is 0 Å². The molecule has 0 nitrogen and oxygen atoms in total. The molecule has 2 aliphatic carbocycles. The highest BCUT2D eigenvalue weighted by Crippen LogP contribution is 2.50. The molecule has 0 aromatic heterocycles. The van der Waals surface area contributed by atoms with Crippen molar-refractivity contribution >= 4 is 31.9 Å². The highest BCUT2D eigenvalue weighted by Gasteiger charge is 2.31. The standard InChI is InChI=1S/C21H14Br2/c22-15-6-4-12-8-14-9-13-5-7-16(23)11-20(13)18-3-1-2-17(21(14)18)19(12)10-15/h1-7,10-11,14H,8-9H2. The van der Waals surface area contributed by atoms with E-state index >= 15 is 0 Å². The fraction of sp³-hybridized carbons (Fsp3) is 0.143. The topological polar surface area (TPSA) is 0 Å². The van der Waals surface area contributed by atoms with E-state index in [-0.39, 0.29) is 0 Å². The SMILES string of the molecule is Brc1ccc2c(c1)-c1cccc3c1C(C2)Cc1ccc(Br)cc1-3. The first-order valence-electron chi connectivity index (χ1n) is 7.91. The van der Waals surface area contributed by atoms with Crippen LogP contribution in [0, 0.1) is 0 Å². The van der Waals surface area contributed by atoms with E-state index < -0.39 is 0 Å². The average Bonchev–Trinajstić information content (AvgIpc) is 2.56. The second kappa shape index (κ2) is 5.06. The van der Waals surface area contributed by atoms with Gasteiger partial charge in [0, 0.05) is 8.95 Å². The van der Waals surface area contributed by atoms with E-state index in [1.165, 1.54) is 33.4 Å². The normalized spacial score (nSPS) is 14.9. The smallest absolute Gasteiger partial charge is 0.0181 e. The van der Waals surface area contributed by atoms with Crippen LogP contribution in [-0.2, 0) is 12.8 Å². The average molecular weight is 426 g/mol. The minimum Gasteiger partial charge on any atom is -0.0610 e. The van der Waals surface area contributed by atoms with Gasteiger partial charge in [0.05, 0.1) is 0 Å². The molecule has 0 saturated carbocycles. The van der Waals surface area contributed by atoms with Crippen molar-refractivity contribution in [2.75, 3.05) is 0 Å². The molecule has 3 aromatic rings. The Hall–Kier alpha value is -1.38.